The topological polar surface area (TPSA) is 26.3 Å². The molecule has 2 aliphatic rings. The molecule has 21 heavy (non-hydrogen) atoms. The molecule has 1 atom stereocenters. The SMILES string of the molecule is CC(C)CCOc1ccc2c(c1)CC1=CC=CCC1C2=O. The maximum absolute atomic E-state index is 12.6. The molecule has 0 N–H and O–H groups in total. The minimum atomic E-state index is 0.0650. The Balaban J connectivity index is 1.80. The van der Waals surface area contributed by atoms with Gasteiger partial charge in [-0.15, -0.1) is 0 Å². The van der Waals surface area contributed by atoms with Gasteiger partial charge in [0, 0.05) is 11.5 Å². The van der Waals surface area contributed by atoms with Crippen LogP contribution in [-0.4, -0.2) is 12.4 Å². The van der Waals surface area contributed by atoms with E-state index in [1.165, 1.54) is 5.57 Å². The summed E-state index contributed by atoms with van der Waals surface area (Å²) in [5.41, 5.74) is 3.23. The van der Waals surface area contributed by atoms with Crippen molar-refractivity contribution in [3.8, 4) is 5.75 Å². The van der Waals surface area contributed by atoms with Crippen molar-refractivity contribution in [1.29, 1.82) is 0 Å². The highest BCUT2D eigenvalue weighted by Crippen LogP contribution is 2.35. The molecular formula is C19H22O2. The van der Waals surface area contributed by atoms with Crippen LogP contribution in [0, 0.1) is 11.8 Å². The van der Waals surface area contributed by atoms with Gasteiger partial charge in [-0.3, -0.25) is 4.79 Å². The van der Waals surface area contributed by atoms with Gasteiger partial charge < -0.3 is 4.74 Å². The molecule has 2 nitrogen and oxygen atoms in total. The van der Waals surface area contributed by atoms with E-state index in [4.69, 9.17) is 4.74 Å². The van der Waals surface area contributed by atoms with Crippen LogP contribution in [0.25, 0.3) is 0 Å². The van der Waals surface area contributed by atoms with E-state index in [1.54, 1.807) is 0 Å². The van der Waals surface area contributed by atoms with Crippen LogP contribution < -0.4 is 4.74 Å². The van der Waals surface area contributed by atoms with Crippen LogP contribution in [0.5, 0.6) is 5.75 Å². The number of ketones is 1. The first kappa shape index (κ1) is 14.1. The van der Waals surface area contributed by atoms with Crippen molar-refractivity contribution in [2.75, 3.05) is 6.61 Å². The second kappa shape index (κ2) is 5.88. The highest BCUT2D eigenvalue weighted by Gasteiger charge is 2.31. The Morgan fingerprint density at radius 3 is 3.00 bits per heavy atom. The first-order chi connectivity index (χ1) is 10.1. The van der Waals surface area contributed by atoms with Gasteiger partial charge in [-0.2, -0.15) is 0 Å². The van der Waals surface area contributed by atoms with E-state index in [2.05, 4.69) is 32.1 Å². The molecule has 0 heterocycles. The van der Waals surface area contributed by atoms with Crippen molar-refractivity contribution in [1.82, 2.24) is 0 Å². The molecule has 1 aromatic rings. The molecule has 0 amide bonds. The molecule has 0 fully saturated rings. The number of fused-ring (bicyclic) bond motifs is 2. The number of benzene rings is 1. The first-order valence-electron chi connectivity index (χ1n) is 7.80. The summed E-state index contributed by atoms with van der Waals surface area (Å²) in [4.78, 5) is 12.6. The highest BCUT2D eigenvalue weighted by atomic mass is 16.5. The maximum Gasteiger partial charge on any atom is 0.170 e. The van der Waals surface area contributed by atoms with Gasteiger partial charge in [0.1, 0.15) is 5.75 Å². The first-order valence-corrected chi connectivity index (χ1v) is 7.80. The fourth-order valence-corrected chi connectivity index (χ4v) is 3.00. The number of allylic oxidation sites excluding steroid dienone is 4. The number of carbonyl (C=O) groups is 1. The Bertz CT molecular complexity index is 608. The summed E-state index contributed by atoms with van der Waals surface area (Å²) in [6.07, 6.45) is 9.01. The van der Waals surface area contributed by atoms with Crippen molar-refractivity contribution < 1.29 is 9.53 Å². The molecule has 2 aliphatic carbocycles. The van der Waals surface area contributed by atoms with Gasteiger partial charge in [0.15, 0.2) is 5.78 Å². The molecule has 1 aromatic carbocycles. The quantitative estimate of drug-likeness (QED) is 0.820. The number of hydrogen-bond acceptors (Lipinski definition) is 2. The van der Waals surface area contributed by atoms with Crippen LogP contribution in [0.3, 0.4) is 0 Å². The second-order valence-electron chi connectivity index (χ2n) is 6.35. The normalized spacial score (nSPS) is 20.0. The van der Waals surface area contributed by atoms with Gasteiger partial charge in [0.05, 0.1) is 6.61 Å². The average Bonchev–Trinajstić information content (AvgIpc) is 2.47. The van der Waals surface area contributed by atoms with Crippen LogP contribution in [0.4, 0.5) is 0 Å². The lowest BCUT2D eigenvalue weighted by Crippen LogP contribution is -2.25. The minimum Gasteiger partial charge on any atom is -0.494 e. The fourth-order valence-electron chi connectivity index (χ4n) is 3.00. The van der Waals surface area contributed by atoms with E-state index in [1.807, 2.05) is 18.2 Å². The lowest BCUT2D eigenvalue weighted by Gasteiger charge is -2.27. The van der Waals surface area contributed by atoms with E-state index in [9.17, 15) is 4.79 Å². The molecule has 110 valence electrons. The predicted octanol–water partition coefficient (Wildman–Crippen LogP) is 4.35. The minimum absolute atomic E-state index is 0.0650. The van der Waals surface area contributed by atoms with Gasteiger partial charge in [0.25, 0.3) is 0 Å². The Labute approximate surface area is 126 Å². The number of hydrogen-bond donors (Lipinski definition) is 0. The molecule has 0 radical (unpaired) electrons. The standard InChI is InChI=1S/C19H22O2/c1-13(2)9-10-21-16-7-8-18-15(12-16)11-14-5-3-4-6-17(14)19(18)20/h3-5,7-8,12-13,17H,6,9-11H2,1-2H3. The van der Waals surface area contributed by atoms with Crippen LogP contribution in [0.1, 0.15) is 42.6 Å². The van der Waals surface area contributed by atoms with Crippen molar-refractivity contribution in [3.63, 3.8) is 0 Å². The Morgan fingerprint density at radius 2 is 2.19 bits per heavy atom. The number of carbonyl (C=O) groups excluding carboxylic acids is 1. The molecule has 0 bridgehead atoms. The van der Waals surface area contributed by atoms with Gasteiger partial charge in [0.2, 0.25) is 0 Å². The Morgan fingerprint density at radius 1 is 1.33 bits per heavy atom. The third kappa shape index (κ3) is 2.94. The van der Waals surface area contributed by atoms with Crippen molar-refractivity contribution in [2.24, 2.45) is 11.8 Å². The zero-order valence-corrected chi connectivity index (χ0v) is 12.8. The lowest BCUT2D eigenvalue weighted by molar-refractivity contribution is 0.0931. The number of Topliss-reactive ketones (excluding diaryl/α,β-unsaturated/α-hetero) is 1. The van der Waals surface area contributed by atoms with E-state index in [0.717, 1.165) is 42.7 Å². The van der Waals surface area contributed by atoms with E-state index in [0.29, 0.717) is 5.92 Å². The van der Waals surface area contributed by atoms with Crippen molar-refractivity contribution in [2.45, 2.75) is 33.1 Å². The summed E-state index contributed by atoms with van der Waals surface area (Å²) in [6.45, 7) is 5.12. The molecule has 1 unspecified atom stereocenters. The zero-order chi connectivity index (χ0) is 14.8. The molecule has 0 saturated heterocycles. The summed E-state index contributed by atoms with van der Waals surface area (Å²) in [7, 11) is 0. The smallest absolute Gasteiger partial charge is 0.170 e. The van der Waals surface area contributed by atoms with Gasteiger partial charge >= 0.3 is 0 Å². The van der Waals surface area contributed by atoms with E-state index >= 15 is 0 Å². The predicted molar refractivity (Wildman–Crippen MR) is 84.8 cm³/mol. The van der Waals surface area contributed by atoms with Crippen molar-refractivity contribution >= 4 is 5.78 Å². The largest absolute Gasteiger partial charge is 0.494 e. The lowest BCUT2D eigenvalue weighted by atomic mass is 9.75. The average molecular weight is 282 g/mol. The van der Waals surface area contributed by atoms with Gasteiger partial charge in [-0.05, 0) is 48.9 Å². The molecule has 2 heteroatoms. The molecule has 0 aliphatic heterocycles. The van der Waals surface area contributed by atoms with Crippen LogP contribution in [0.15, 0.2) is 42.0 Å². The van der Waals surface area contributed by atoms with Gasteiger partial charge in [-0.25, -0.2) is 0 Å². The second-order valence-corrected chi connectivity index (χ2v) is 6.35. The Kier molecular flexibility index (Phi) is 3.96. The number of rotatable bonds is 4. The van der Waals surface area contributed by atoms with Crippen molar-refractivity contribution in [3.05, 3.63) is 53.1 Å². The third-order valence-corrected chi connectivity index (χ3v) is 4.28. The maximum atomic E-state index is 12.6. The van der Waals surface area contributed by atoms with E-state index in [-0.39, 0.29) is 11.7 Å². The number of ether oxygens (including phenoxy) is 1. The summed E-state index contributed by atoms with van der Waals surface area (Å²) < 4.78 is 5.81. The highest BCUT2D eigenvalue weighted by molar-refractivity contribution is 6.02. The summed E-state index contributed by atoms with van der Waals surface area (Å²) >= 11 is 0. The monoisotopic (exact) mass is 282 g/mol. The summed E-state index contributed by atoms with van der Waals surface area (Å²) in [5, 5.41) is 0. The van der Waals surface area contributed by atoms with Crippen LogP contribution in [0.2, 0.25) is 0 Å². The van der Waals surface area contributed by atoms with E-state index < -0.39 is 0 Å². The molecule has 0 saturated carbocycles. The zero-order valence-electron chi connectivity index (χ0n) is 12.8. The molecule has 0 spiro atoms. The summed E-state index contributed by atoms with van der Waals surface area (Å²) in [5.74, 6) is 1.85. The fraction of sp³-hybridized carbons (Fsp3) is 0.421. The molecular weight excluding hydrogens is 260 g/mol. The van der Waals surface area contributed by atoms with Crippen LogP contribution >= 0.6 is 0 Å². The van der Waals surface area contributed by atoms with Gasteiger partial charge in [-0.1, -0.05) is 37.6 Å². The third-order valence-electron chi connectivity index (χ3n) is 4.28. The molecule has 3 rings (SSSR count). The Hall–Kier alpha value is -1.83. The van der Waals surface area contributed by atoms with Crippen LogP contribution in [-0.2, 0) is 6.42 Å². The molecule has 0 aromatic heterocycles. The summed E-state index contributed by atoms with van der Waals surface area (Å²) in [6, 6.07) is 5.92.